The molecule has 0 saturated carbocycles. The second-order valence-corrected chi connectivity index (χ2v) is 7.68. The van der Waals surface area contributed by atoms with Crippen LogP contribution in [0.4, 0.5) is 0 Å². The molecule has 3 heterocycles. The van der Waals surface area contributed by atoms with E-state index >= 15 is 0 Å². The fourth-order valence-electron chi connectivity index (χ4n) is 3.32. The molecule has 0 radical (unpaired) electrons. The van der Waals surface area contributed by atoms with Crippen LogP contribution in [0, 0.1) is 6.92 Å². The SMILES string of the molecule is Cc1nc2c(cnn2C(C)C)cc1C(=O)NCc1ccnc(OCc2ccccc2)c1. The van der Waals surface area contributed by atoms with Crippen molar-refractivity contribution in [3.05, 3.63) is 83.3 Å². The lowest BCUT2D eigenvalue weighted by Crippen LogP contribution is -2.24. The molecule has 0 spiro atoms. The van der Waals surface area contributed by atoms with Crippen molar-refractivity contribution >= 4 is 16.9 Å². The van der Waals surface area contributed by atoms with E-state index in [1.807, 2.05) is 60.1 Å². The minimum Gasteiger partial charge on any atom is -0.473 e. The maximum atomic E-state index is 12.8. The summed E-state index contributed by atoms with van der Waals surface area (Å²) in [6, 6.07) is 15.7. The van der Waals surface area contributed by atoms with Gasteiger partial charge in [0, 0.05) is 30.2 Å². The van der Waals surface area contributed by atoms with Gasteiger partial charge in [0.1, 0.15) is 6.61 Å². The van der Waals surface area contributed by atoms with E-state index in [1.54, 1.807) is 12.4 Å². The lowest BCUT2D eigenvalue weighted by atomic mass is 10.1. The molecule has 1 aromatic carbocycles. The number of hydrogen-bond acceptors (Lipinski definition) is 5. The third kappa shape index (κ3) is 4.71. The van der Waals surface area contributed by atoms with Gasteiger partial charge in [-0.15, -0.1) is 0 Å². The van der Waals surface area contributed by atoms with Crippen molar-refractivity contribution in [2.45, 2.75) is 40.0 Å². The summed E-state index contributed by atoms with van der Waals surface area (Å²) in [5.74, 6) is 0.351. The van der Waals surface area contributed by atoms with E-state index in [1.165, 1.54) is 0 Å². The number of aromatic nitrogens is 4. The summed E-state index contributed by atoms with van der Waals surface area (Å²) < 4.78 is 7.63. The van der Waals surface area contributed by atoms with Crippen molar-refractivity contribution in [1.82, 2.24) is 25.1 Å². The highest BCUT2D eigenvalue weighted by atomic mass is 16.5. The molecule has 0 bridgehead atoms. The molecule has 0 aliphatic heterocycles. The van der Waals surface area contributed by atoms with Crippen LogP contribution in [0.5, 0.6) is 5.88 Å². The summed E-state index contributed by atoms with van der Waals surface area (Å²) in [6.45, 7) is 6.76. The highest BCUT2D eigenvalue weighted by molar-refractivity contribution is 5.98. The van der Waals surface area contributed by atoms with E-state index in [0.29, 0.717) is 30.3 Å². The standard InChI is InChI=1S/C24H25N5O2/c1-16(2)29-23-20(14-27-29)12-21(17(3)28-23)24(30)26-13-19-9-10-25-22(11-19)31-15-18-7-5-4-6-8-18/h4-12,14,16H,13,15H2,1-3H3,(H,26,30). The van der Waals surface area contributed by atoms with Gasteiger partial charge in [-0.25, -0.2) is 14.6 Å². The average molecular weight is 415 g/mol. The van der Waals surface area contributed by atoms with Crippen molar-refractivity contribution < 1.29 is 9.53 Å². The zero-order chi connectivity index (χ0) is 21.8. The maximum absolute atomic E-state index is 12.8. The van der Waals surface area contributed by atoms with Gasteiger partial charge in [0.15, 0.2) is 5.65 Å². The average Bonchev–Trinajstić information content (AvgIpc) is 3.19. The van der Waals surface area contributed by atoms with Crippen LogP contribution in [0.25, 0.3) is 11.0 Å². The number of nitrogens with zero attached hydrogens (tertiary/aromatic N) is 4. The number of carbonyl (C=O) groups excluding carboxylic acids is 1. The molecule has 0 fully saturated rings. The van der Waals surface area contributed by atoms with Crippen LogP contribution >= 0.6 is 0 Å². The summed E-state index contributed by atoms with van der Waals surface area (Å²) in [7, 11) is 0. The van der Waals surface area contributed by atoms with Gasteiger partial charge in [-0.2, -0.15) is 5.10 Å². The molecular formula is C24H25N5O2. The Balaban J connectivity index is 1.42. The van der Waals surface area contributed by atoms with Crippen molar-refractivity contribution in [3.8, 4) is 5.88 Å². The fourth-order valence-corrected chi connectivity index (χ4v) is 3.32. The minimum absolute atomic E-state index is 0.173. The number of aryl methyl sites for hydroxylation is 1. The molecule has 0 atom stereocenters. The number of nitrogens with one attached hydrogen (secondary N) is 1. The third-order valence-electron chi connectivity index (χ3n) is 4.98. The quantitative estimate of drug-likeness (QED) is 0.489. The summed E-state index contributed by atoms with van der Waals surface area (Å²) in [6.07, 6.45) is 3.43. The Morgan fingerprint density at radius 2 is 1.94 bits per heavy atom. The van der Waals surface area contributed by atoms with Gasteiger partial charge >= 0.3 is 0 Å². The van der Waals surface area contributed by atoms with Gasteiger partial charge in [-0.3, -0.25) is 4.79 Å². The van der Waals surface area contributed by atoms with Crippen LogP contribution in [0.2, 0.25) is 0 Å². The number of rotatable bonds is 7. The van der Waals surface area contributed by atoms with E-state index in [-0.39, 0.29) is 11.9 Å². The lowest BCUT2D eigenvalue weighted by Gasteiger charge is -2.11. The molecule has 0 saturated heterocycles. The highest BCUT2D eigenvalue weighted by Crippen LogP contribution is 2.19. The zero-order valence-corrected chi connectivity index (χ0v) is 17.9. The number of amides is 1. The Morgan fingerprint density at radius 3 is 2.71 bits per heavy atom. The number of ether oxygens (including phenoxy) is 1. The molecule has 0 aliphatic rings. The summed E-state index contributed by atoms with van der Waals surface area (Å²) in [5, 5.41) is 8.19. The van der Waals surface area contributed by atoms with Gasteiger partial charge in [-0.1, -0.05) is 30.3 Å². The van der Waals surface area contributed by atoms with Crippen LogP contribution < -0.4 is 10.1 Å². The molecule has 7 nitrogen and oxygen atoms in total. The van der Waals surface area contributed by atoms with Crippen LogP contribution in [0.1, 0.15) is 47.1 Å². The van der Waals surface area contributed by atoms with Gasteiger partial charge < -0.3 is 10.1 Å². The molecule has 4 rings (SSSR count). The molecule has 7 heteroatoms. The summed E-state index contributed by atoms with van der Waals surface area (Å²) in [5.41, 5.74) is 3.99. The summed E-state index contributed by atoms with van der Waals surface area (Å²) >= 11 is 0. The van der Waals surface area contributed by atoms with Gasteiger partial charge in [0.05, 0.1) is 17.5 Å². The molecule has 3 aromatic heterocycles. The predicted molar refractivity (Wildman–Crippen MR) is 119 cm³/mol. The second-order valence-electron chi connectivity index (χ2n) is 7.68. The number of pyridine rings is 2. The smallest absolute Gasteiger partial charge is 0.253 e. The van der Waals surface area contributed by atoms with Crippen molar-refractivity contribution in [2.24, 2.45) is 0 Å². The Labute approximate surface area is 181 Å². The number of fused-ring (bicyclic) bond motifs is 1. The molecule has 1 N–H and O–H groups in total. The molecular weight excluding hydrogens is 390 g/mol. The van der Waals surface area contributed by atoms with E-state index in [2.05, 4.69) is 34.2 Å². The lowest BCUT2D eigenvalue weighted by molar-refractivity contribution is 0.0950. The second kappa shape index (κ2) is 8.95. The van der Waals surface area contributed by atoms with Crippen molar-refractivity contribution in [1.29, 1.82) is 0 Å². The monoisotopic (exact) mass is 415 g/mol. The predicted octanol–water partition coefficient (Wildman–Crippen LogP) is 4.22. The van der Waals surface area contributed by atoms with Crippen LogP contribution in [0.15, 0.2) is 60.9 Å². The Morgan fingerprint density at radius 1 is 1.13 bits per heavy atom. The first kappa shape index (κ1) is 20.5. The number of hydrogen-bond donors (Lipinski definition) is 1. The number of benzene rings is 1. The normalized spacial score (nSPS) is 11.1. The molecule has 0 aliphatic carbocycles. The summed E-state index contributed by atoms with van der Waals surface area (Å²) in [4.78, 5) is 21.7. The van der Waals surface area contributed by atoms with Crippen LogP contribution in [0.3, 0.4) is 0 Å². The largest absolute Gasteiger partial charge is 0.473 e. The van der Waals surface area contributed by atoms with E-state index in [4.69, 9.17) is 4.74 Å². The van der Waals surface area contributed by atoms with Crippen LogP contribution in [-0.4, -0.2) is 25.7 Å². The first-order chi connectivity index (χ1) is 15.0. The third-order valence-corrected chi connectivity index (χ3v) is 4.98. The first-order valence-corrected chi connectivity index (χ1v) is 10.3. The number of carbonyl (C=O) groups is 1. The van der Waals surface area contributed by atoms with Crippen molar-refractivity contribution in [2.75, 3.05) is 0 Å². The molecule has 4 aromatic rings. The first-order valence-electron chi connectivity index (χ1n) is 10.3. The van der Waals surface area contributed by atoms with Gasteiger partial charge in [0.2, 0.25) is 5.88 Å². The molecule has 31 heavy (non-hydrogen) atoms. The van der Waals surface area contributed by atoms with Crippen molar-refractivity contribution in [3.63, 3.8) is 0 Å². The molecule has 1 amide bonds. The topological polar surface area (TPSA) is 81.9 Å². The van der Waals surface area contributed by atoms with Crippen LogP contribution in [-0.2, 0) is 13.2 Å². The maximum Gasteiger partial charge on any atom is 0.253 e. The molecule has 158 valence electrons. The van der Waals surface area contributed by atoms with E-state index in [0.717, 1.165) is 22.2 Å². The fraction of sp³-hybridized carbons (Fsp3) is 0.250. The van der Waals surface area contributed by atoms with E-state index < -0.39 is 0 Å². The van der Waals surface area contributed by atoms with E-state index in [9.17, 15) is 4.79 Å². The Bertz CT molecular complexity index is 1200. The highest BCUT2D eigenvalue weighted by Gasteiger charge is 2.15. The minimum atomic E-state index is -0.173. The van der Waals surface area contributed by atoms with Gasteiger partial charge in [-0.05, 0) is 44.0 Å². The Kier molecular flexibility index (Phi) is 5.93. The van der Waals surface area contributed by atoms with Gasteiger partial charge in [0.25, 0.3) is 5.91 Å². The Hall–Kier alpha value is -3.74. The zero-order valence-electron chi connectivity index (χ0n) is 17.9. The molecule has 0 unspecified atom stereocenters.